The van der Waals surface area contributed by atoms with E-state index in [9.17, 15) is 9.18 Å². The lowest BCUT2D eigenvalue weighted by Gasteiger charge is -2.34. The number of hydrogen-bond acceptors (Lipinski definition) is 2. The number of carbonyl (C=O) groups is 1. The second-order valence-electron chi connectivity index (χ2n) is 7.18. The van der Waals surface area contributed by atoms with Crippen LogP contribution in [0.5, 0.6) is 0 Å². The van der Waals surface area contributed by atoms with Crippen LogP contribution in [0.2, 0.25) is 0 Å². The number of benzene rings is 1. The van der Waals surface area contributed by atoms with E-state index in [0.717, 1.165) is 47.1 Å². The van der Waals surface area contributed by atoms with E-state index < -0.39 is 0 Å². The molecule has 2 saturated carbocycles. The molecule has 3 nitrogen and oxygen atoms in total. The van der Waals surface area contributed by atoms with Crippen molar-refractivity contribution in [2.24, 2.45) is 17.8 Å². The summed E-state index contributed by atoms with van der Waals surface area (Å²) >= 11 is 0. The number of pyridine rings is 1. The molecule has 1 N–H and O–H groups in total. The van der Waals surface area contributed by atoms with Gasteiger partial charge in [-0.25, -0.2) is 4.39 Å². The Morgan fingerprint density at radius 2 is 1.96 bits per heavy atom. The average Bonchev–Trinajstić information content (AvgIpc) is 3.32. The molecular formula is C20H21FN2O. The lowest BCUT2D eigenvalue weighted by Crippen LogP contribution is -2.35. The van der Waals surface area contributed by atoms with Crippen molar-refractivity contribution >= 4 is 11.6 Å². The first-order chi connectivity index (χ1) is 11.6. The third-order valence-corrected chi connectivity index (χ3v) is 5.35. The van der Waals surface area contributed by atoms with Crippen LogP contribution >= 0.6 is 0 Å². The molecule has 2 aromatic rings. The number of nitrogens with zero attached hydrogens (tertiary/aromatic N) is 1. The lowest BCUT2D eigenvalue weighted by molar-refractivity contribution is -0.124. The van der Waals surface area contributed by atoms with Gasteiger partial charge in [0.05, 0.1) is 6.20 Å². The topological polar surface area (TPSA) is 42.0 Å². The zero-order chi connectivity index (χ0) is 16.7. The Bertz CT molecular complexity index is 779. The number of nitrogens with one attached hydrogen (secondary N) is 1. The van der Waals surface area contributed by atoms with Crippen LogP contribution in [0.15, 0.2) is 36.7 Å². The van der Waals surface area contributed by atoms with E-state index in [-0.39, 0.29) is 17.6 Å². The standard InChI is InChI=1S/C20H21FN2O/c1-12-2-5-18(9-19(12)16-8-17(21)11-22-10-16)23-20(24)15-6-14(7-15)13-3-4-13/h2,5,8-11,13-15H,3-4,6-7H2,1H3,(H,23,24)/t14-,15+. The Balaban J connectivity index is 1.48. The summed E-state index contributed by atoms with van der Waals surface area (Å²) in [5.74, 6) is 1.56. The van der Waals surface area contributed by atoms with E-state index in [0.29, 0.717) is 0 Å². The fourth-order valence-corrected chi connectivity index (χ4v) is 3.64. The van der Waals surface area contributed by atoms with Crippen LogP contribution < -0.4 is 5.32 Å². The summed E-state index contributed by atoms with van der Waals surface area (Å²) in [4.78, 5) is 16.3. The third-order valence-electron chi connectivity index (χ3n) is 5.35. The van der Waals surface area contributed by atoms with Gasteiger partial charge in [0.2, 0.25) is 5.91 Å². The molecule has 0 bridgehead atoms. The minimum atomic E-state index is -0.359. The number of halogens is 1. The molecule has 0 spiro atoms. The second-order valence-corrected chi connectivity index (χ2v) is 7.18. The van der Waals surface area contributed by atoms with Crippen molar-refractivity contribution in [3.05, 3.63) is 48.0 Å². The van der Waals surface area contributed by atoms with E-state index in [2.05, 4.69) is 10.3 Å². The molecule has 0 radical (unpaired) electrons. The van der Waals surface area contributed by atoms with Gasteiger partial charge in [-0.1, -0.05) is 6.07 Å². The maximum absolute atomic E-state index is 13.4. The summed E-state index contributed by atoms with van der Waals surface area (Å²) < 4.78 is 13.4. The van der Waals surface area contributed by atoms with E-state index >= 15 is 0 Å². The molecule has 1 amide bonds. The van der Waals surface area contributed by atoms with Crippen molar-refractivity contribution in [3.8, 4) is 11.1 Å². The van der Waals surface area contributed by atoms with Crippen molar-refractivity contribution < 1.29 is 9.18 Å². The summed E-state index contributed by atoms with van der Waals surface area (Å²) in [6.07, 6.45) is 7.59. The van der Waals surface area contributed by atoms with Crippen LogP contribution in [0, 0.1) is 30.5 Å². The molecular weight excluding hydrogens is 303 g/mol. The van der Waals surface area contributed by atoms with Gasteiger partial charge in [-0.3, -0.25) is 9.78 Å². The first-order valence-electron chi connectivity index (χ1n) is 8.62. The lowest BCUT2D eigenvalue weighted by atomic mass is 9.72. The summed E-state index contributed by atoms with van der Waals surface area (Å²) in [5.41, 5.74) is 3.41. The highest BCUT2D eigenvalue weighted by Crippen LogP contribution is 2.49. The molecule has 4 rings (SSSR count). The largest absolute Gasteiger partial charge is 0.326 e. The van der Waals surface area contributed by atoms with Crippen molar-refractivity contribution in [1.29, 1.82) is 0 Å². The molecule has 1 heterocycles. The Labute approximate surface area is 141 Å². The molecule has 2 aliphatic rings. The fourth-order valence-electron chi connectivity index (χ4n) is 3.64. The van der Waals surface area contributed by atoms with Gasteiger partial charge in [0.15, 0.2) is 0 Å². The number of aryl methyl sites for hydroxylation is 1. The monoisotopic (exact) mass is 324 g/mol. The van der Waals surface area contributed by atoms with Gasteiger partial charge in [-0.15, -0.1) is 0 Å². The van der Waals surface area contributed by atoms with Crippen molar-refractivity contribution in [1.82, 2.24) is 4.98 Å². The molecule has 0 aliphatic heterocycles. The highest BCUT2D eigenvalue weighted by molar-refractivity contribution is 5.94. The van der Waals surface area contributed by atoms with E-state index in [1.54, 1.807) is 6.20 Å². The van der Waals surface area contributed by atoms with Crippen LogP contribution in [0.25, 0.3) is 11.1 Å². The molecule has 1 aromatic carbocycles. The Kier molecular flexibility index (Phi) is 3.83. The Morgan fingerprint density at radius 3 is 2.67 bits per heavy atom. The molecule has 24 heavy (non-hydrogen) atoms. The Hall–Kier alpha value is -2.23. The maximum atomic E-state index is 13.4. The second kappa shape index (κ2) is 6.00. The van der Waals surface area contributed by atoms with Crippen LogP contribution in [-0.4, -0.2) is 10.9 Å². The predicted molar refractivity (Wildman–Crippen MR) is 91.9 cm³/mol. The van der Waals surface area contributed by atoms with Crippen molar-refractivity contribution in [2.45, 2.75) is 32.6 Å². The molecule has 0 atom stereocenters. The zero-order valence-corrected chi connectivity index (χ0v) is 13.8. The number of aromatic nitrogens is 1. The van der Waals surface area contributed by atoms with E-state index in [1.165, 1.54) is 25.1 Å². The van der Waals surface area contributed by atoms with Gasteiger partial charge < -0.3 is 5.32 Å². The molecule has 2 fully saturated rings. The SMILES string of the molecule is Cc1ccc(NC(=O)[C@H]2C[C@@H](C3CC3)C2)cc1-c1cncc(F)c1. The molecule has 0 unspecified atom stereocenters. The van der Waals surface area contributed by atoms with Crippen molar-refractivity contribution in [3.63, 3.8) is 0 Å². The third kappa shape index (κ3) is 3.05. The van der Waals surface area contributed by atoms with Crippen molar-refractivity contribution in [2.75, 3.05) is 5.32 Å². The van der Waals surface area contributed by atoms with Gasteiger partial charge in [0.1, 0.15) is 5.82 Å². The van der Waals surface area contributed by atoms with E-state index in [4.69, 9.17) is 0 Å². The molecule has 1 aromatic heterocycles. The van der Waals surface area contributed by atoms with Crippen LogP contribution in [-0.2, 0) is 4.79 Å². The average molecular weight is 324 g/mol. The molecule has 4 heteroatoms. The summed E-state index contributed by atoms with van der Waals surface area (Å²) in [7, 11) is 0. The van der Waals surface area contributed by atoms with Gasteiger partial charge in [-0.05, 0) is 73.8 Å². The minimum absolute atomic E-state index is 0.110. The quantitative estimate of drug-likeness (QED) is 0.895. The fraction of sp³-hybridized carbons (Fsp3) is 0.400. The summed E-state index contributed by atoms with van der Waals surface area (Å²) in [5, 5.41) is 3.02. The van der Waals surface area contributed by atoms with Gasteiger partial charge >= 0.3 is 0 Å². The highest BCUT2D eigenvalue weighted by atomic mass is 19.1. The van der Waals surface area contributed by atoms with Gasteiger partial charge in [-0.2, -0.15) is 0 Å². The minimum Gasteiger partial charge on any atom is -0.326 e. The first-order valence-corrected chi connectivity index (χ1v) is 8.62. The van der Waals surface area contributed by atoms with Gasteiger partial charge in [0.25, 0.3) is 0 Å². The number of rotatable bonds is 4. The molecule has 124 valence electrons. The van der Waals surface area contributed by atoms with E-state index in [1.807, 2.05) is 25.1 Å². The van der Waals surface area contributed by atoms with Crippen LogP contribution in [0.4, 0.5) is 10.1 Å². The first kappa shape index (κ1) is 15.3. The Morgan fingerprint density at radius 1 is 1.17 bits per heavy atom. The number of carbonyl (C=O) groups excluding carboxylic acids is 1. The number of amides is 1. The zero-order valence-electron chi connectivity index (χ0n) is 13.8. The normalized spacial score (nSPS) is 22.8. The highest BCUT2D eigenvalue weighted by Gasteiger charge is 2.42. The summed E-state index contributed by atoms with van der Waals surface area (Å²) in [6.45, 7) is 1.97. The maximum Gasteiger partial charge on any atom is 0.227 e. The van der Waals surface area contributed by atoms with Crippen LogP contribution in [0.1, 0.15) is 31.2 Å². The number of hydrogen-bond donors (Lipinski definition) is 1. The van der Waals surface area contributed by atoms with Crippen LogP contribution in [0.3, 0.4) is 0 Å². The molecule has 2 aliphatic carbocycles. The number of anilines is 1. The smallest absolute Gasteiger partial charge is 0.227 e. The predicted octanol–water partition coefficient (Wildman–Crippen LogP) is 4.57. The summed E-state index contributed by atoms with van der Waals surface area (Å²) in [6, 6.07) is 7.22. The van der Waals surface area contributed by atoms with Gasteiger partial charge in [0, 0.05) is 23.4 Å². The molecule has 0 saturated heterocycles.